The summed E-state index contributed by atoms with van der Waals surface area (Å²) in [6, 6.07) is 4.84. The van der Waals surface area contributed by atoms with Crippen LogP contribution < -0.4 is 20.9 Å². The number of nitrogens with two attached hydrogens (primary N) is 2. The molecule has 10 heteroatoms. The van der Waals surface area contributed by atoms with E-state index in [1.165, 1.54) is 26.4 Å². The van der Waals surface area contributed by atoms with Gasteiger partial charge in [0.1, 0.15) is 5.75 Å². The lowest BCUT2D eigenvalue weighted by atomic mass is 10.1. The van der Waals surface area contributed by atoms with Gasteiger partial charge in [0.15, 0.2) is 11.5 Å². The number of anilines is 2. The van der Waals surface area contributed by atoms with Crippen LogP contribution in [-0.2, 0) is 0 Å². The molecular formula is C18H24N2O8. The van der Waals surface area contributed by atoms with E-state index < -0.39 is 11.9 Å². The summed E-state index contributed by atoms with van der Waals surface area (Å²) in [5.41, 5.74) is 10.7. The SMILES string of the molecule is CC.COc1cc(C(=O)O)c(N)c(OC)c1O.Nc1cc(O)cc(C(=O)O)c1. The summed E-state index contributed by atoms with van der Waals surface area (Å²) in [5, 5.41) is 35.7. The third-order valence-corrected chi connectivity index (χ3v) is 3.10. The number of carboxylic acids is 2. The molecule has 8 N–H and O–H groups in total. The quantitative estimate of drug-likeness (QED) is 0.419. The number of phenolic OH excluding ortho intramolecular Hbond substituents is 2. The fraction of sp³-hybridized carbons (Fsp3) is 0.222. The number of rotatable bonds is 4. The van der Waals surface area contributed by atoms with Gasteiger partial charge in [-0.15, -0.1) is 0 Å². The number of hydrogen-bond donors (Lipinski definition) is 6. The summed E-state index contributed by atoms with van der Waals surface area (Å²) in [7, 11) is 2.58. The molecule has 2 aromatic carbocycles. The molecule has 10 nitrogen and oxygen atoms in total. The van der Waals surface area contributed by atoms with Crippen LogP contribution >= 0.6 is 0 Å². The van der Waals surface area contributed by atoms with Gasteiger partial charge in [0.2, 0.25) is 5.75 Å². The van der Waals surface area contributed by atoms with Crippen LogP contribution in [0.2, 0.25) is 0 Å². The predicted octanol–water partition coefficient (Wildman–Crippen LogP) is 2.39. The van der Waals surface area contributed by atoms with E-state index in [1.54, 1.807) is 0 Å². The fourth-order valence-electron chi connectivity index (χ4n) is 1.94. The zero-order chi connectivity index (χ0) is 22.0. The minimum Gasteiger partial charge on any atom is -0.508 e. The number of ether oxygens (including phenoxy) is 2. The molecular weight excluding hydrogens is 372 g/mol. The molecule has 0 bridgehead atoms. The number of nitrogen functional groups attached to an aromatic ring is 2. The molecule has 0 atom stereocenters. The summed E-state index contributed by atoms with van der Waals surface area (Å²) in [6.07, 6.45) is 0. The van der Waals surface area contributed by atoms with E-state index in [9.17, 15) is 14.7 Å². The van der Waals surface area contributed by atoms with Crippen molar-refractivity contribution in [2.75, 3.05) is 25.7 Å². The standard InChI is InChI=1S/C9H11NO5.C7H7NO3.C2H6/c1-14-5-3-4(9(12)13)6(10)8(15-2)7(5)11;8-5-1-4(7(10)11)2-6(9)3-5;1-2/h3,11H,10H2,1-2H3,(H,12,13);1-3,9H,8H2,(H,10,11);1-2H3. The predicted molar refractivity (Wildman–Crippen MR) is 103 cm³/mol. The van der Waals surface area contributed by atoms with Crippen LogP contribution in [0, 0.1) is 0 Å². The van der Waals surface area contributed by atoms with Gasteiger partial charge in [0, 0.05) is 17.8 Å². The van der Waals surface area contributed by atoms with Crippen molar-refractivity contribution < 1.29 is 39.5 Å². The lowest BCUT2D eigenvalue weighted by Gasteiger charge is -2.12. The first-order valence-electron chi connectivity index (χ1n) is 7.91. The molecule has 0 radical (unpaired) electrons. The normalized spacial score (nSPS) is 9.14. The first kappa shape index (κ1) is 24.2. The molecule has 28 heavy (non-hydrogen) atoms. The molecule has 0 aliphatic heterocycles. The molecule has 0 saturated heterocycles. The van der Waals surface area contributed by atoms with Gasteiger partial charge in [0.05, 0.1) is 31.0 Å². The molecule has 0 aliphatic rings. The Morgan fingerprint density at radius 1 is 0.893 bits per heavy atom. The lowest BCUT2D eigenvalue weighted by molar-refractivity contribution is 0.0686. The second-order valence-electron chi connectivity index (χ2n) is 4.85. The maximum atomic E-state index is 10.8. The summed E-state index contributed by atoms with van der Waals surface area (Å²) in [5.74, 6) is -2.88. The number of hydrogen-bond acceptors (Lipinski definition) is 8. The number of aromatic carboxylic acids is 2. The molecule has 0 saturated carbocycles. The third kappa shape index (κ3) is 6.16. The highest BCUT2D eigenvalue weighted by molar-refractivity contribution is 5.97. The molecule has 0 aliphatic carbocycles. The number of benzene rings is 2. The molecule has 0 spiro atoms. The Bertz CT molecular complexity index is 817. The van der Waals surface area contributed by atoms with Gasteiger partial charge in [0.25, 0.3) is 0 Å². The van der Waals surface area contributed by atoms with Crippen molar-refractivity contribution in [3.8, 4) is 23.0 Å². The zero-order valence-electron chi connectivity index (χ0n) is 15.9. The van der Waals surface area contributed by atoms with Gasteiger partial charge in [-0.2, -0.15) is 0 Å². The first-order valence-corrected chi connectivity index (χ1v) is 7.91. The maximum Gasteiger partial charge on any atom is 0.338 e. The number of methoxy groups -OCH3 is 2. The molecule has 2 rings (SSSR count). The summed E-state index contributed by atoms with van der Waals surface area (Å²) in [4.78, 5) is 21.1. The van der Waals surface area contributed by atoms with Crippen molar-refractivity contribution in [2.45, 2.75) is 13.8 Å². The number of aromatic hydroxyl groups is 2. The van der Waals surface area contributed by atoms with Gasteiger partial charge in [-0.25, -0.2) is 9.59 Å². The van der Waals surface area contributed by atoms with E-state index in [0.29, 0.717) is 0 Å². The Morgan fingerprint density at radius 2 is 1.46 bits per heavy atom. The van der Waals surface area contributed by atoms with Crippen molar-refractivity contribution in [3.63, 3.8) is 0 Å². The Labute approximate surface area is 161 Å². The van der Waals surface area contributed by atoms with Crippen LogP contribution in [0.5, 0.6) is 23.0 Å². The van der Waals surface area contributed by atoms with Crippen molar-refractivity contribution in [1.82, 2.24) is 0 Å². The monoisotopic (exact) mass is 396 g/mol. The van der Waals surface area contributed by atoms with Crippen molar-refractivity contribution in [2.24, 2.45) is 0 Å². The number of carbonyl (C=O) groups is 2. The molecule has 0 amide bonds. The average Bonchev–Trinajstić information content (AvgIpc) is 2.63. The summed E-state index contributed by atoms with van der Waals surface area (Å²) in [6.45, 7) is 4.00. The Kier molecular flexibility index (Phi) is 9.51. The highest BCUT2D eigenvalue weighted by Gasteiger charge is 2.20. The smallest absolute Gasteiger partial charge is 0.338 e. The van der Waals surface area contributed by atoms with E-state index in [0.717, 1.165) is 12.1 Å². The van der Waals surface area contributed by atoms with E-state index >= 15 is 0 Å². The Morgan fingerprint density at radius 3 is 1.86 bits per heavy atom. The van der Waals surface area contributed by atoms with E-state index in [1.807, 2.05) is 13.8 Å². The lowest BCUT2D eigenvalue weighted by Crippen LogP contribution is -2.05. The fourth-order valence-corrected chi connectivity index (χ4v) is 1.94. The molecule has 0 fully saturated rings. The van der Waals surface area contributed by atoms with Gasteiger partial charge in [-0.3, -0.25) is 0 Å². The molecule has 0 heterocycles. The molecule has 154 valence electrons. The first-order chi connectivity index (χ1) is 13.1. The maximum absolute atomic E-state index is 10.8. The van der Waals surface area contributed by atoms with Gasteiger partial charge < -0.3 is 41.4 Å². The summed E-state index contributed by atoms with van der Waals surface area (Å²) < 4.78 is 9.58. The topological polar surface area (TPSA) is 186 Å². The van der Waals surface area contributed by atoms with E-state index in [2.05, 4.69) is 0 Å². The number of carboxylic acid groups (broad SMARTS) is 2. The minimum absolute atomic E-state index is 0.00144. The Balaban J connectivity index is 0.000000497. The van der Waals surface area contributed by atoms with Gasteiger partial charge >= 0.3 is 11.9 Å². The third-order valence-electron chi connectivity index (χ3n) is 3.10. The van der Waals surface area contributed by atoms with Crippen molar-refractivity contribution >= 4 is 23.3 Å². The van der Waals surface area contributed by atoms with Crippen molar-refractivity contribution in [3.05, 3.63) is 35.4 Å². The van der Waals surface area contributed by atoms with E-state index in [-0.39, 0.29) is 45.5 Å². The highest BCUT2D eigenvalue weighted by Crippen LogP contribution is 2.42. The minimum atomic E-state index is -1.22. The van der Waals surface area contributed by atoms with Crippen molar-refractivity contribution in [1.29, 1.82) is 0 Å². The van der Waals surface area contributed by atoms with Crippen LogP contribution in [0.3, 0.4) is 0 Å². The zero-order valence-corrected chi connectivity index (χ0v) is 15.9. The van der Waals surface area contributed by atoms with Crippen LogP contribution in [-0.4, -0.2) is 46.6 Å². The van der Waals surface area contributed by atoms with E-state index in [4.69, 9.17) is 36.3 Å². The van der Waals surface area contributed by atoms with Crippen LogP contribution in [0.1, 0.15) is 34.6 Å². The van der Waals surface area contributed by atoms with Gasteiger partial charge in [-0.1, -0.05) is 13.8 Å². The second-order valence-corrected chi connectivity index (χ2v) is 4.85. The second kappa shape index (κ2) is 11.0. The van der Waals surface area contributed by atoms with Crippen LogP contribution in [0.15, 0.2) is 24.3 Å². The number of phenols is 2. The molecule has 0 unspecified atom stereocenters. The largest absolute Gasteiger partial charge is 0.508 e. The average molecular weight is 396 g/mol. The summed E-state index contributed by atoms with van der Waals surface area (Å²) >= 11 is 0. The molecule has 0 aromatic heterocycles. The Hall–Kier alpha value is -3.82. The molecule has 2 aromatic rings. The van der Waals surface area contributed by atoms with Crippen LogP contribution in [0.25, 0.3) is 0 Å². The highest BCUT2D eigenvalue weighted by atomic mass is 16.5. The van der Waals surface area contributed by atoms with Crippen LogP contribution in [0.4, 0.5) is 11.4 Å². The van der Waals surface area contributed by atoms with Gasteiger partial charge in [-0.05, 0) is 12.1 Å².